The molecule has 2 aromatic carbocycles. The molecule has 2 heterocycles. The first kappa shape index (κ1) is 27.7. The van der Waals surface area contributed by atoms with Gasteiger partial charge in [-0.25, -0.2) is 4.39 Å². The number of aromatic nitrogens is 2. The van der Waals surface area contributed by atoms with Crippen molar-refractivity contribution in [1.29, 1.82) is 0 Å². The van der Waals surface area contributed by atoms with Crippen LogP contribution in [-0.2, 0) is 16.1 Å². The maximum atomic E-state index is 13.4. The van der Waals surface area contributed by atoms with E-state index in [0.717, 1.165) is 24.2 Å². The van der Waals surface area contributed by atoms with E-state index in [1.165, 1.54) is 12.1 Å². The number of rotatable bonds is 9. The van der Waals surface area contributed by atoms with Gasteiger partial charge in [0.05, 0.1) is 31.4 Å². The fraction of sp³-hybridized carbons (Fsp3) is 0.464. The van der Waals surface area contributed by atoms with Crippen molar-refractivity contribution in [2.45, 2.75) is 39.5 Å². The maximum Gasteiger partial charge on any atom is 0.273 e. The standard InChI is InChI=1S/C28H36FN5O4/c1-28(2,3)25(27(37)30-16-21(35)18-33-12-14-38-15-13-33)31-26(36)24-22-6-4-5-7-23(22)34(32-24)17-19-8-10-20(29)11-9-19/h4-11,21,25,35H,12-18H2,1-3H3,(H,30,37)(H,31,36)/t21-,25+/m0/s1. The average Bonchev–Trinajstić information content (AvgIpc) is 3.25. The highest BCUT2D eigenvalue weighted by atomic mass is 19.1. The second-order valence-electron chi connectivity index (χ2n) is 10.7. The number of amides is 2. The fourth-order valence-corrected chi connectivity index (χ4v) is 4.52. The monoisotopic (exact) mass is 525 g/mol. The van der Waals surface area contributed by atoms with Gasteiger partial charge in [-0.15, -0.1) is 0 Å². The van der Waals surface area contributed by atoms with Gasteiger partial charge < -0.3 is 20.5 Å². The third-order valence-electron chi connectivity index (χ3n) is 6.61. The van der Waals surface area contributed by atoms with E-state index in [-0.39, 0.29) is 24.0 Å². The Morgan fingerprint density at radius 3 is 2.47 bits per heavy atom. The summed E-state index contributed by atoms with van der Waals surface area (Å²) in [6, 6.07) is 12.6. The lowest BCUT2D eigenvalue weighted by molar-refractivity contribution is -0.125. The molecule has 10 heteroatoms. The van der Waals surface area contributed by atoms with Crippen LogP contribution in [0.15, 0.2) is 48.5 Å². The van der Waals surface area contributed by atoms with Crippen molar-refractivity contribution in [2.75, 3.05) is 39.4 Å². The van der Waals surface area contributed by atoms with Crippen molar-refractivity contribution in [1.82, 2.24) is 25.3 Å². The summed E-state index contributed by atoms with van der Waals surface area (Å²) in [4.78, 5) is 28.7. The van der Waals surface area contributed by atoms with Crippen LogP contribution in [0.2, 0.25) is 0 Å². The first-order valence-electron chi connectivity index (χ1n) is 12.9. The molecule has 1 aliphatic rings. The minimum Gasteiger partial charge on any atom is -0.390 e. The number of aliphatic hydroxyl groups excluding tert-OH is 1. The minimum atomic E-state index is -0.855. The Kier molecular flexibility index (Phi) is 8.76. The second kappa shape index (κ2) is 12.0. The molecule has 9 nitrogen and oxygen atoms in total. The number of ether oxygens (including phenoxy) is 1. The maximum absolute atomic E-state index is 13.4. The van der Waals surface area contributed by atoms with Gasteiger partial charge in [-0.1, -0.05) is 51.1 Å². The molecule has 0 aliphatic carbocycles. The van der Waals surface area contributed by atoms with Crippen LogP contribution in [0, 0.1) is 11.2 Å². The van der Waals surface area contributed by atoms with E-state index in [9.17, 15) is 19.1 Å². The Hall–Kier alpha value is -3.34. The lowest BCUT2D eigenvalue weighted by atomic mass is 9.86. The van der Waals surface area contributed by atoms with Gasteiger partial charge in [-0.05, 0) is 29.2 Å². The number of carbonyl (C=O) groups is 2. The molecule has 0 bridgehead atoms. The third kappa shape index (κ3) is 6.94. The predicted molar refractivity (Wildman–Crippen MR) is 142 cm³/mol. The molecular formula is C28H36FN5O4. The zero-order valence-corrected chi connectivity index (χ0v) is 22.1. The highest BCUT2D eigenvalue weighted by Crippen LogP contribution is 2.23. The molecule has 3 aromatic rings. The second-order valence-corrected chi connectivity index (χ2v) is 10.7. The fourth-order valence-electron chi connectivity index (χ4n) is 4.52. The van der Waals surface area contributed by atoms with Crippen LogP contribution < -0.4 is 10.6 Å². The number of β-amino-alcohol motifs (C(OH)–C–C–N with tert-alkyl or cyclic N) is 1. The van der Waals surface area contributed by atoms with Crippen LogP contribution in [0.4, 0.5) is 4.39 Å². The molecule has 1 fully saturated rings. The van der Waals surface area contributed by atoms with Crippen LogP contribution in [0.3, 0.4) is 0 Å². The number of nitrogens with one attached hydrogen (secondary N) is 2. The Labute approximate surface area is 222 Å². The summed E-state index contributed by atoms with van der Waals surface area (Å²) in [6.07, 6.45) is -0.737. The predicted octanol–water partition coefficient (Wildman–Crippen LogP) is 2.18. The van der Waals surface area contributed by atoms with Gasteiger partial charge >= 0.3 is 0 Å². The number of halogens is 1. The molecule has 1 aliphatic heterocycles. The zero-order chi connectivity index (χ0) is 27.3. The number of hydrogen-bond donors (Lipinski definition) is 3. The van der Waals surface area contributed by atoms with Gasteiger partial charge in [0, 0.05) is 31.6 Å². The van der Waals surface area contributed by atoms with Gasteiger partial charge in [0.2, 0.25) is 5.91 Å². The molecule has 4 rings (SSSR count). The Balaban J connectivity index is 1.46. The van der Waals surface area contributed by atoms with Gasteiger partial charge in [-0.3, -0.25) is 19.2 Å². The van der Waals surface area contributed by atoms with Crippen molar-refractivity contribution in [3.63, 3.8) is 0 Å². The Morgan fingerprint density at radius 2 is 1.79 bits per heavy atom. The molecule has 38 heavy (non-hydrogen) atoms. The largest absolute Gasteiger partial charge is 0.390 e. The number of hydrogen-bond acceptors (Lipinski definition) is 6. The van der Waals surface area contributed by atoms with Crippen LogP contribution in [0.25, 0.3) is 10.9 Å². The average molecular weight is 526 g/mol. The van der Waals surface area contributed by atoms with Crippen LogP contribution in [0.1, 0.15) is 36.8 Å². The van der Waals surface area contributed by atoms with E-state index >= 15 is 0 Å². The lowest BCUT2D eigenvalue weighted by Crippen LogP contribution is -2.55. The molecule has 1 saturated heterocycles. The van der Waals surface area contributed by atoms with Crippen LogP contribution in [-0.4, -0.2) is 83.1 Å². The SMILES string of the molecule is CC(C)(C)[C@H](NC(=O)c1nn(Cc2ccc(F)cc2)c2ccccc12)C(=O)NC[C@H](O)CN1CCOCC1. The molecule has 0 radical (unpaired) electrons. The molecule has 3 N–H and O–H groups in total. The molecule has 2 atom stereocenters. The van der Waals surface area contributed by atoms with Crippen molar-refractivity contribution in [2.24, 2.45) is 5.41 Å². The number of para-hydroxylation sites is 1. The highest BCUT2D eigenvalue weighted by molar-refractivity contribution is 6.06. The van der Waals surface area contributed by atoms with Gasteiger partial charge in [0.25, 0.3) is 5.91 Å². The number of carbonyl (C=O) groups excluding carboxylic acids is 2. The van der Waals surface area contributed by atoms with E-state index < -0.39 is 23.5 Å². The smallest absolute Gasteiger partial charge is 0.273 e. The minimum absolute atomic E-state index is 0.0773. The van der Waals surface area contributed by atoms with Crippen molar-refractivity contribution >= 4 is 22.7 Å². The number of aliphatic hydroxyl groups is 1. The summed E-state index contributed by atoms with van der Waals surface area (Å²) in [7, 11) is 0. The number of fused-ring (bicyclic) bond motifs is 1. The van der Waals surface area contributed by atoms with Crippen LogP contribution in [0.5, 0.6) is 0 Å². The molecule has 0 unspecified atom stereocenters. The summed E-state index contributed by atoms with van der Waals surface area (Å²) in [5.41, 5.74) is 1.21. The van der Waals surface area contributed by atoms with Crippen molar-refractivity contribution < 1.29 is 23.8 Å². The van der Waals surface area contributed by atoms with E-state index in [0.29, 0.717) is 31.7 Å². The third-order valence-corrected chi connectivity index (χ3v) is 6.61. The topological polar surface area (TPSA) is 109 Å². The van der Waals surface area contributed by atoms with Crippen molar-refractivity contribution in [3.05, 3.63) is 65.6 Å². The van der Waals surface area contributed by atoms with Crippen molar-refractivity contribution in [3.8, 4) is 0 Å². The molecule has 204 valence electrons. The van der Waals surface area contributed by atoms with Gasteiger partial charge in [-0.2, -0.15) is 5.10 Å². The molecular weight excluding hydrogens is 489 g/mol. The summed E-state index contributed by atoms with van der Waals surface area (Å²) < 4.78 is 20.4. The van der Waals surface area contributed by atoms with E-state index in [2.05, 4.69) is 20.6 Å². The molecule has 1 aromatic heterocycles. The van der Waals surface area contributed by atoms with E-state index in [4.69, 9.17) is 4.74 Å². The number of morpholine rings is 1. The van der Waals surface area contributed by atoms with Gasteiger partial charge in [0.1, 0.15) is 11.9 Å². The summed E-state index contributed by atoms with van der Waals surface area (Å²) >= 11 is 0. The Morgan fingerprint density at radius 1 is 1.11 bits per heavy atom. The van der Waals surface area contributed by atoms with Crippen LogP contribution >= 0.6 is 0 Å². The normalized spacial score (nSPS) is 16.2. The quantitative estimate of drug-likeness (QED) is 0.395. The summed E-state index contributed by atoms with van der Waals surface area (Å²) in [5, 5.41) is 21.3. The Bertz CT molecular complexity index is 1250. The number of nitrogens with zero attached hydrogens (tertiary/aromatic N) is 3. The molecule has 2 amide bonds. The summed E-state index contributed by atoms with van der Waals surface area (Å²) in [6.45, 7) is 9.23. The van der Waals surface area contributed by atoms with Gasteiger partial charge in [0.15, 0.2) is 5.69 Å². The first-order valence-corrected chi connectivity index (χ1v) is 12.9. The highest BCUT2D eigenvalue weighted by Gasteiger charge is 2.34. The summed E-state index contributed by atoms with van der Waals surface area (Å²) in [5.74, 6) is -1.16. The first-order chi connectivity index (χ1) is 18.1. The number of benzene rings is 2. The van der Waals surface area contributed by atoms with E-state index in [1.807, 2.05) is 45.0 Å². The lowest BCUT2D eigenvalue weighted by Gasteiger charge is -2.31. The molecule has 0 saturated carbocycles. The molecule has 0 spiro atoms. The van der Waals surface area contributed by atoms with E-state index in [1.54, 1.807) is 16.8 Å². The zero-order valence-electron chi connectivity index (χ0n) is 22.1.